The van der Waals surface area contributed by atoms with Gasteiger partial charge in [-0.05, 0) is 48.7 Å². The Bertz CT molecular complexity index is 1310. The molecule has 1 saturated heterocycles. The molecule has 2 atom stereocenters. The second kappa shape index (κ2) is 10.4. The highest BCUT2D eigenvalue weighted by Crippen LogP contribution is 2.39. The summed E-state index contributed by atoms with van der Waals surface area (Å²) in [7, 11) is 0. The van der Waals surface area contributed by atoms with Gasteiger partial charge in [-0.25, -0.2) is 0 Å². The van der Waals surface area contributed by atoms with E-state index in [1.165, 1.54) is 17.0 Å². The zero-order chi connectivity index (χ0) is 26.9. The molecule has 4 N–H and O–H groups in total. The number of aromatic nitrogens is 2. The van der Waals surface area contributed by atoms with Crippen molar-refractivity contribution in [1.29, 1.82) is 5.41 Å². The summed E-state index contributed by atoms with van der Waals surface area (Å²) in [6.45, 7) is 1.17. The predicted octanol–water partition coefficient (Wildman–Crippen LogP) is 3.54. The Morgan fingerprint density at radius 1 is 1.16 bits per heavy atom. The Labute approximate surface area is 215 Å². The SMILES string of the molecule is N=C(N)N1C[C@H](O)C[C@H]1c1nc(-c2ccc(OCCCc3ccc4c(c3)OCCO4)c(C(F)(F)F)c2)no1. The maximum absolute atomic E-state index is 13.9. The lowest BCUT2D eigenvalue weighted by Gasteiger charge is -2.20. The number of halogens is 3. The number of benzene rings is 2. The van der Waals surface area contributed by atoms with E-state index in [-0.39, 0.29) is 48.6 Å². The molecular weight excluding hydrogens is 507 g/mol. The van der Waals surface area contributed by atoms with Crippen LogP contribution in [0.15, 0.2) is 40.9 Å². The number of hydrogen-bond donors (Lipinski definition) is 3. The first-order chi connectivity index (χ1) is 18.2. The molecule has 0 radical (unpaired) electrons. The molecule has 1 fully saturated rings. The molecule has 5 rings (SSSR count). The first-order valence-corrected chi connectivity index (χ1v) is 12.0. The quantitative estimate of drug-likeness (QED) is 0.236. The number of rotatable bonds is 7. The van der Waals surface area contributed by atoms with Crippen LogP contribution in [0.1, 0.15) is 35.9 Å². The third-order valence-corrected chi connectivity index (χ3v) is 6.33. The topological polar surface area (TPSA) is 140 Å². The summed E-state index contributed by atoms with van der Waals surface area (Å²) < 4.78 is 63.4. The number of aliphatic hydroxyl groups is 1. The normalized spacial score (nSPS) is 19.0. The Kier molecular flexibility index (Phi) is 7.02. The van der Waals surface area contributed by atoms with Crippen LogP contribution in [0.5, 0.6) is 17.2 Å². The van der Waals surface area contributed by atoms with E-state index in [0.29, 0.717) is 37.6 Å². The standard InChI is InChI=1S/C25H26F3N5O5/c26-25(27,28)17-11-15(22-31-23(38-32-22)18-12-16(34)13-33(18)24(29)30)4-6-19(17)35-7-1-2-14-3-5-20-21(10-14)37-9-8-36-20/h3-6,10-11,16,18,34H,1-2,7-9,12-13H2,(H3,29,30)/t16-,18+/m1/s1. The van der Waals surface area contributed by atoms with E-state index in [2.05, 4.69) is 10.1 Å². The zero-order valence-electron chi connectivity index (χ0n) is 20.2. The molecule has 0 amide bonds. The number of hydrogen-bond acceptors (Lipinski definition) is 8. The molecule has 38 heavy (non-hydrogen) atoms. The van der Waals surface area contributed by atoms with Crippen molar-refractivity contribution in [2.75, 3.05) is 26.4 Å². The fourth-order valence-electron chi connectivity index (χ4n) is 4.52. The van der Waals surface area contributed by atoms with Crippen molar-refractivity contribution in [3.05, 3.63) is 53.4 Å². The van der Waals surface area contributed by atoms with Crippen LogP contribution in [0.2, 0.25) is 0 Å². The number of guanidine groups is 1. The van der Waals surface area contributed by atoms with Crippen LogP contribution in [-0.4, -0.2) is 58.6 Å². The minimum atomic E-state index is -4.67. The number of aryl methyl sites for hydroxylation is 1. The van der Waals surface area contributed by atoms with Gasteiger partial charge in [0.05, 0.1) is 18.3 Å². The van der Waals surface area contributed by atoms with Crippen molar-refractivity contribution in [1.82, 2.24) is 15.0 Å². The maximum Gasteiger partial charge on any atom is 0.419 e. The van der Waals surface area contributed by atoms with E-state index < -0.39 is 23.9 Å². The van der Waals surface area contributed by atoms with Crippen LogP contribution in [0.4, 0.5) is 13.2 Å². The van der Waals surface area contributed by atoms with Crippen LogP contribution in [0, 0.1) is 5.41 Å². The van der Waals surface area contributed by atoms with Gasteiger partial charge in [0.15, 0.2) is 17.5 Å². The van der Waals surface area contributed by atoms with Crippen molar-refractivity contribution in [2.24, 2.45) is 5.73 Å². The summed E-state index contributed by atoms with van der Waals surface area (Å²) in [5, 5.41) is 21.4. The smallest absolute Gasteiger partial charge is 0.419 e. The number of nitrogens with two attached hydrogens (primary N) is 1. The first-order valence-electron chi connectivity index (χ1n) is 12.0. The molecule has 0 bridgehead atoms. The lowest BCUT2D eigenvalue weighted by atomic mass is 10.1. The molecule has 202 valence electrons. The second-order valence-corrected chi connectivity index (χ2v) is 9.04. The molecule has 10 nitrogen and oxygen atoms in total. The number of aliphatic hydroxyl groups excluding tert-OH is 1. The molecule has 0 unspecified atom stereocenters. The van der Waals surface area contributed by atoms with E-state index in [1.807, 2.05) is 18.2 Å². The number of fused-ring (bicyclic) bond motifs is 1. The second-order valence-electron chi connectivity index (χ2n) is 9.04. The minimum absolute atomic E-state index is 0.0550. The van der Waals surface area contributed by atoms with Crippen molar-refractivity contribution in [3.8, 4) is 28.6 Å². The number of likely N-dealkylation sites (tertiary alicyclic amines) is 1. The summed E-state index contributed by atoms with van der Waals surface area (Å²) in [6.07, 6.45) is -4.13. The average molecular weight is 534 g/mol. The van der Waals surface area contributed by atoms with Crippen molar-refractivity contribution in [3.63, 3.8) is 0 Å². The monoisotopic (exact) mass is 533 g/mol. The third kappa shape index (κ3) is 5.47. The molecule has 3 aromatic rings. The predicted molar refractivity (Wildman–Crippen MR) is 128 cm³/mol. The fraction of sp³-hybridized carbons (Fsp3) is 0.400. The Balaban J connectivity index is 1.26. The Morgan fingerprint density at radius 3 is 2.71 bits per heavy atom. The van der Waals surface area contributed by atoms with E-state index in [9.17, 15) is 18.3 Å². The van der Waals surface area contributed by atoms with Crippen LogP contribution in [0.25, 0.3) is 11.4 Å². The molecule has 0 saturated carbocycles. The third-order valence-electron chi connectivity index (χ3n) is 6.33. The van der Waals surface area contributed by atoms with Crippen LogP contribution < -0.4 is 19.9 Å². The highest BCUT2D eigenvalue weighted by molar-refractivity contribution is 5.75. The maximum atomic E-state index is 13.9. The zero-order valence-corrected chi connectivity index (χ0v) is 20.2. The highest BCUT2D eigenvalue weighted by Gasteiger charge is 2.38. The number of nitrogens with one attached hydrogen (secondary N) is 1. The summed E-state index contributed by atoms with van der Waals surface area (Å²) in [5.74, 6) is 0.763. The van der Waals surface area contributed by atoms with Gasteiger partial charge in [0.25, 0.3) is 0 Å². The molecule has 0 spiro atoms. The molecular formula is C25H26F3N5O5. The molecule has 2 aliphatic heterocycles. The van der Waals surface area contributed by atoms with Gasteiger partial charge in [0.1, 0.15) is 25.0 Å². The number of nitrogens with zero attached hydrogens (tertiary/aromatic N) is 3. The van der Waals surface area contributed by atoms with Crippen molar-refractivity contribution in [2.45, 2.75) is 37.6 Å². The lowest BCUT2D eigenvalue weighted by Crippen LogP contribution is -2.36. The molecule has 0 aliphatic carbocycles. The lowest BCUT2D eigenvalue weighted by molar-refractivity contribution is -0.138. The molecule has 13 heteroatoms. The molecule has 2 aliphatic rings. The van der Waals surface area contributed by atoms with Crippen molar-refractivity contribution < 1.29 is 37.0 Å². The van der Waals surface area contributed by atoms with Crippen LogP contribution in [-0.2, 0) is 12.6 Å². The summed E-state index contributed by atoms with van der Waals surface area (Å²) >= 11 is 0. The fourth-order valence-corrected chi connectivity index (χ4v) is 4.52. The Hall–Kier alpha value is -4.00. The molecule has 3 heterocycles. The van der Waals surface area contributed by atoms with Gasteiger partial charge < -0.3 is 34.5 Å². The van der Waals surface area contributed by atoms with Crippen molar-refractivity contribution >= 4 is 5.96 Å². The van der Waals surface area contributed by atoms with Gasteiger partial charge in [-0.1, -0.05) is 11.2 Å². The number of β-amino-alcohol motifs (C(OH)–C–C–N with tert-alkyl or cyclic N) is 1. The van der Waals surface area contributed by atoms with Crippen LogP contribution >= 0.6 is 0 Å². The van der Waals surface area contributed by atoms with Gasteiger partial charge in [-0.2, -0.15) is 18.2 Å². The Morgan fingerprint density at radius 2 is 1.95 bits per heavy atom. The molecule has 1 aromatic heterocycles. The van der Waals surface area contributed by atoms with Crippen LogP contribution in [0.3, 0.4) is 0 Å². The number of alkyl halides is 3. The van der Waals surface area contributed by atoms with Gasteiger partial charge in [-0.3, -0.25) is 5.41 Å². The molecule has 2 aromatic carbocycles. The summed E-state index contributed by atoms with van der Waals surface area (Å²) in [4.78, 5) is 5.61. The van der Waals surface area contributed by atoms with E-state index >= 15 is 0 Å². The van der Waals surface area contributed by atoms with E-state index in [0.717, 1.165) is 11.6 Å². The largest absolute Gasteiger partial charge is 0.493 e. The summed E-state index contributed by atoms with van der Waals surface area (Å²) in [6, 6.07) is 8.52. The van der Waals surface area contributed by atoms with Gasteiger partial charge in [-0.15, -0.1) is 0 Å². The number of ether oxygens (including phenoxy) is 3. The minimum Gasteiger partial charge on any atom is -0.493 e. The van der Waals surface area contributed by atoms with Gasteiger partial charge in [0, 0.05) is 18.5 Å². The van der Waals surface area contributed by atoms with E-state index in [4.69, 9.17) is 29.9 Å². The first kappa shape index (κ1) is 25.6. The van der Waals surface area contributed by atoms with Gasteiger partial charge >= 0.3 is 6.18 Å². The average Bonchev–Trinajstić information content (AvgIpc) is 3.53. The van der Waals surface area contributed by atoms with E-state index in [1.54, 1.807) is 0 Å². The summed E-state index contributed by atoms with van der Waals surface area (Å²) in [5.41, 5.74) is 5.66. The highest BCUT2D eigenvalue weighted by atomic mass is 19.4. The van der Waals surface area contributed by atoms with Gasteiger partial charge in [0.2, 0.25) is 11.7 Å².